The first-order valence-electron chi connectivity index (χ1n) is 7.38. The van der Waals surface area contributed by atoms with Gasteiger partial charge in [-0.1, -0.05) is 6.42 Å². The standard InChI is InChI=1S/C14H26N2O2/c15-12-5-3-4-11(8-12)9-14(17)16-10-13-6-1-2-7-18-13/h11-13H,1-10,15H2,(H,16,17). The Morgan fingerprint density at radius 3 is 2.83 bits per heavy atom. The number of carbonyl (C=O) groups is 1. The van der Waals surface area contributed by atoms with Gasteiger partial charge in [-0.15, -0.1) is 0 Å². The Hall–Kier alpha value is -0.610. The van der Waals surface area contributed by atoms with E-state index >= 15 is 0 Å². The third-order valence-electron chi connectivity index (χ3n) is 4.10. The summed E-state index contributed by atoms with van der Waals surface area (Å²) in [7, 11) is 0. The normalized spacial score (nSPS) is 33.1. The molecule has 4 heteroatoms. The maximum Gasteiger partial charge on any atom is 0.220 e. The molecule has 0 radical (unpaired) electrons. The first kappa shape index (κ1) is 13.8. The fourth-order valence-corrected chi connectivity index (χ4v) is 3.05. The van der Waals surface area contributed by atoms with E-state index in [-0.39, 0.29) is 12.0 Å². The van der Waals surface area contributed by atoms with Crippen molar-refractivity contribution < 1.29 is 9.53 Å². The molecule has 4 nitrogen and oxygen atoms in total. The predicted octanol–water partition coefficient (Wildman–Crippen LogP) is 1.58. The van der Waals surface area contributed by atoms with Gasteiger partial charge in [-0.2, -0.15) is 0 Å². The minimum absolute atomic E-state index is 0.170. The fourth-order valence-electron chi connectivity index (χ4n) is 3.05. The van der Waals surface area contributed by atoms with Gasteiger partial charge in [0.2, 0.25) is 5.91 Å². The largest absolute Gasteiger partial charge is 0.376 e. The molecule has 0 aromatic carbocycles. The molecule has 18 heavy (non-hydrogen) atoms. The lowest BCUT2D eigenvalue weighted by atomic mass is 9.84. The summed E-state index contributed by atoms with van der Waals surface area (Å²) in [6.07, 6.45) is 8.78. The van der Waals surface area contributed by atoms with Crippen molar-refractivity contribution >= 4 is 5.91 Å². The van der Waals surface area contributed by atoms with Gasteiger partial charge in [-0.05, 0) is 44.4 Å². The number of ether oxygens (including phenoxy) is 1. The van der Waals surface area contributed by atoms with Crippen LogP contribution in [0, 0.1) is 5.92 Å². The highest BCUT2D eigenvalue weighted by Gasteiger charge is 2.22. The molecule has 1 aliphatic heterocycles. The molecule has 2 aliphatic rings. The van der Waals surface area contributed by atoms with Crippen molar-refractivity contribution in [3.63, 3.8) is 0 Å². The van der Waals surface area contributed by atoms with Gasteiger partial charge >= 0.3 is 0 Å². The molecule has 1 saturated heterocycles. The number of carbonyl (C=O) groups excluding carboxylic acids is 1. The summed E-state index contributed by atoms with van der Waals surface area (Å²) in [6.45, 7) is 1.52. The second-order valence-electron chi connectivity index (χ2n) is 5.79. The van der Waals surface area contributed by atoms with Crippen molar-refractivity contribution in [3.8, 4) is 0 Å². The quantitative estimate of drug-likeness (QED) is 0.800. The maximum absolute atomic E-state index is 11.9. The summed E-state index contributed by atoms with van der Waals surface area (Å²) in [4.78, 5) is 11.9. The van der Waals surface area contributed by atoms with Crippen LogP contribution < -0.4 is 11.1 Å². The van der Waals surface area contributed by atoms with Crippen molar-refractivity contribution in [2.24, 2.45) is 11.7 Å². The molecule has 1 saturated carbocycles. The zero-order valence-corrected chi connectivity index (χ0v) is 11.2. The summed E-state index contributed by atoms with van der Waals surface area (Å²) in [5.41, 5.74) is 5.94. The van der Waals surface area contributed by atoms with Crippen LogP contribution in [0.15, 0.2) is 0 Å². The van der Waals surface area contributed by atoms with E-state index in [0.29, 0.717) is 24.9 Å². The average Bonchev–Trinajstić information content (AvgIpc) is 2.38. The van der Waals surface area contributed by atoms with Gasteiger partial charge in [-0.25, -0.2) is 0 Å². The molecule has 2 rings (SSSR count). The SMILES string of the molecule is NC1CCCC(CC(=O)NCC2CCCCO2)C1. The van der Waals surface area contributed by atoms with Gasteiger partial charge < -0.3 is 15.8 Å². The van der Waals surface area contributed by atoms with Gasteiger partial charge in [0.25, 0.3) is 0 Å². The lowest BCUT2D eigenvalue weighted by Gasteiger charge is -2.27. The number of nitrogens with two attached hydrogens (primary N) is 1. The minimum Gasteiger partial charge on any atom is -0.376 e. The monoisotopic (exact) mass is 254 g/mol. The van der Waals surface area contributed by atoms with Gasteiger partial charge in [0.15, 0.2) is 0 Å². The number of nitrogens with one attached hydrogen (secondary N) is 1. The van der Waals surface area contributed by atoms with Crippen LogP contribution >= 0.6 is 0 Å². The maximum atomic E-state index is 11.9. The van der Waals surface area contributed by atoms with E-state index in [4.69, 9.17) is 10.5 Å². The highest BCUT2D eigenvalue weighted by molar-refractivity contribution is 5.76. The van der Waals surface area contributed by atoms with Crippen LogP contribution in [0.2, 0.25) is 0 Å². The van der Waals surface area contributed by atoms with Crippen LogP contribution in [-0.2, 0) is 9.53 Å². The zero-order valence-electron chi connectivity index (χ0n) is 11.2. The van der Waals surface area contributed by atoms with E-state index < -0.39 is 0 Å². The predicted molar refractivity (Wildman–Crippen MR) is 71.2 cm³/mol. The summed E-state index contributed by atoms with van der Waals surface area (Å²) < 4.78 is 5.60. The van der Waals surface area contributed by atoms with E-state index in [9.17, 15) is 4.79 Å². The molecular weight excluding hydrogens is 228 g/mol. The van der Waals surface area contributed by atoms with Crippen molar-refractivity contribution in [1.82, 2.24) is 5.32 Å². The lowest BCUT2D eigenvalue weighted by molar-refractivity contribution is -0.123. The van der Waals surface area contributed by atoms with E-state index in [1.807, 2.05) is 0 Å². The first-order chi connectivity index (χ1) is 8.74. The molecule has 1 amide bonds. The molecule has 0 aromatic heterocycles. The molecule has 3 unspecified atom stereocenters. The van der Waals surface area contributed by atoms with Gasteiger partial charge in [0.05, 0.1) is 6.10 Å². The third kappa shape index (κ3) is 4.58. The van der Waals surface area contributed by atoms with Crippen LogP contribution in [0.4, 0.5) is 0 Å². The Labute approximate surface area is 110 Å². The van der Waals surface area contributed by atoms with Crippen molar-refractivity contribution in [1.29, 1.82) is 0 Å². The third-order valence-corrected chi connectivity index (χ3v) is 4.10. The molecule has 3 N–H and O–H groups in total. The molecule has 0 bridgehead atoms. The highest BCUT2D eigenvalue weighted by Crippen LogP contribution is 2.25. The molecular formula is C14H26N2O2. The van der Waals surface area contributed by atoms with Crippen molar-refractivity contribution in [3.05, 3.63) is 0 Å². The van der Waals surface area contributed by atoms with Crippen molar-refractivity contribution in [2.45, 2.75) is 63.5 Å². The van der Waals surface area contributed by atoms with Gasteiger partial charge in [0.1, 0.15) is 0 Å². The van der Waals surface area contributed by atoms with E-state index in [1.54, 1.807) is 0 Å². The Bertz CT molecular complexity index is 265. The van der Waals surface area contributed by atoms with Crippen LogP contribution in [-0.4, -0.2) is 31.2 Å². The van der Waals surface area contributed by atoms with E-state index in [0.717, 1.165) is 38.7 Å². The van der Waals surface area contributed by atoms with Crippen LogP contribution in [0.25, 0.3) is 0 Å². The number of rotatable bonds is 4. The highest BCUT2D eigenvalue weighted by atomic mass is 16.5. The van der Waals surface area contributed by atoms with Crippen molar-refractivity contribution in [2.75, 3.05) is 13.2 Å². The van der Waals surface area contributed by atoms with Gasteiger partial charge in [-0.3, -0.25) is 4.79 Å². The van der Waals surface area contributed by atoms with Crippen LogP contribution in [0.3, 0.4) is 0 Å². The Morgan fingerprint density at radius 2 is 2.11 bits per heavy atom. The van der Waals surface area contributed by atoms with Crippen LogP contribution in [0.5, 0.6) is 0 Å². The molecule has 104 valence electrons. The Balaban J connectivity index is 1.62. The molecule has 0 spiro atoms. The van der Waals surface area contributed by atoms with Gasteiger partial charge in [0, 0.05) is 25.6 Å². The lowest BCUT2D eigenvalue weighted by Crippen LogP contribution is -2.37. The minimum atomic E-state index is 0.170. The van der Waals surface area contributed by atoms with E-state index in [2.05, 4.69) is 5.32 Å². The smallest absolute Gasteiger partial charge is 0.220 e. The second-order valence-corrected chi connectivity index (χ2v) is 5.79. The average molecular weight is 254 g/mol. The van der Waals surface area contributed by atoms with E-state index in [1.165, 1.54) is 12.8 Å². The molecule has 3 atom stereocenters. The summed E-state index contributed by atoms with van der Waals surface area (Å²) in [6, 6.07) is 0.304. The summed E-state index contributed by atoms with van der Waals surface area (Å²) >= 11 is 0. The zero-order chi connectivity index (χ0) is 12.8. The Kier molecular flexibility index (Phi) is 5.45. The molecule has 2 fully saturated rings. The fraction of sp³-hybridized carbons (Fsp3) is 0.929. The molecule has 1 heterocycles. The Morgan fingerprint density at radius 1 is 1.22 bits per heavy atom. The summed E-state index contributed by atoms with van der Waals surface area (Å²) in [5, 5.41) is 3.01. The topological polar surface area (TPSA) is 64.4 Å². The molecule has 1 aliphatic carbocycles. The number of hydrogen-bond acceptors (Lipinski definition) is 3. The molecule has 0 aromatic rings. The summed E-state index contributed by atoms with van der Waals surface area (Å²) in [5.74, 6) is 0.657. The second kappa shape index (κ2) is 7.10. The van der Waals surface area contributed by atoms with Crippen LogP contribution in [0.1, 0.15) is 51.4 Å². The number of amides is 1. The first-order valence-corrected chi connectivity index (χ1v) is 7.38. The number of hydrogen-bond donors (Lipinski definition) is 2.